The summed E-state index contributed by atoms with van der Waals surface area (Å²) >= 11 is 0. The number of nitrogens with zero attached hydrogens (tertiary/aromatic N) is 1. The quantitative estimate of drug-likeness (QED) is 0.875. The topological polar surface area (TPSA) is 78.9 Å². The van der Waals surface area contributed by atoms with E-state index in [9.17, 15) is 9.59 Å². The highest BCUT2D eigenvalue weighted by atomic mass is 16.5. The highest BCUT2D eigenvalue weighted by molar-refractivity contribution is 5.74. The van der Waals surface area contributed by atoms with Crippen LogP contribution in [0, 0.1) is 0 Å². The number of urea groups is 1. The lowest BCUT2D eigenvalue weighted by atomic mass is 10.0. The van der Waals surface area contributed by atoms with Crippen LogP contribution in [-0.4, -0.2) is 47.8 Å². The normalized spacial score (nSPS) is 18.3. The first kappa shape index (κ1) is 15.3. The molecule has 0 spiro atoms. The van der Waals surface area contributed by atoms with Gasteiger partial charge in [0.1, 0.15) is 0 Å². The fraction of sp³-hybridized carbons (Fsp3) is 0.467. The molecule has 0 radical (unpaired) electrons. The van der Waals surface area contributed by atoms with Gasteiger partial charge in [-0.15, -0.1) is 0 Å². The van der Waals surface area contributed by atoms with Crippen LogP contribution in [0.25, 0.3) is 0 Å². The Labute approximate surface area is 123 Å². The molecule has 2 amide bonds. The van der Waals surface area contributed by atoms with E-state index in [2.05, 4.69) is 5.32 Å². The molecule has 1 aliphatic rings. The van der Waals surface area contributed by atoms with E-state index in [1.807, 2.05) is 19.1 Å². The van der Waals surface area contributed by atoms with E-state index in [1.54, 1.807) is 17.0 Å². The minimum Gasteiger partial charge on any atom is -0.481 e. The number of carbonyl (C=O) groups excluding carboxylic acids is 1. The molecule has 1 atom stereocenters. The van der Waals surface area contributed by atoms with Gasteiger partial charge in [-0.3, -0.25) is 4.79 Å². The molecule has 2 rings (SSSR count). The number of ether oxygens (including phenoxy) is 1. The summed E-state index contributed by atoms with van der Waals surface area (Å²) in [6.07, 6.45) is 0.00414. The van der Waals surface area contributed by atoms with E-state index >= 15 is 0 Å². The smallest absolute Gasteiger partial charge is 0.317 e. The van der Waals surface area contributed by atoms with Crippen molar-refractivity contribution in [1.82, 2.24) is 10.2 Å². The van der Waals surface area contributed by atoms with E-state index in [0.29, 0.717) is 26.2 Å². The Morgan fingerprint density at radius 2 is 2.10 bits per heavy atom. The lowest BCUT2D eigenvalue weighted by Crippen LogP contribution is -2.48. The first-order valence-electron chi connectivity index (χ1n) is 6.99. The SMILES string of the molecule is CC1CN(C(=O)NCc2ccccc2CC(=O)O)CCO1. The predicted octanol–water partition coefficient (Wildman–Crippen LogP) is 1.24. The maximum absolute atomic E-state index is 12.1. The third-order valence-electron chi connectivity index (χ3n) is 3.42. The molecule has 0 saturated carbocycles. The van der Waals surface area contributed by atoms with Crippen molar-refractivity contribution >= 4 is 12.0 Å². The van der Waals surface area contributed by atoms with Crippen LogP contribution in [0.1, 0.15) is 18.1 Å². The minimum absolute atomic E-state index is 0.0410. The second-order valence-electron chi connectivity index (χ2n) is 5.13. The molecular weight excluding hydrogens is 272 g/mol. The van der Waals surface area contributed by atoms with Crippen LogP contribution in [-0.2, 0) is 22.5 Å². The van der Waals surface area contributed by atoms with Crippen LogP contribution in [0.3, 0.4) is 0 Å². The Balaban J connectivity index is 1.93. The molecule has 6 heteroatoms. The van der Waals surface area contributed by atoms with Gasteiger partial charge in [0.25, 0.3) is 0 Å². The van der Waals surface area contributed by atoms with Crippen molar-refractivity contribution in [1.29, 1.82) is 0 Å². The largest absolute Gasteiger partial charge is 0.481 e. The monoisotopic (exact) mass is 292 g/mol. The van der Waals surface area contributed by atoms with Gasteiger partial charge < -0.3 is 20.1 Å². The average molecular weight is 292 g/mol. The zero-order chi connectivity index (χ0) is 15.2. The number of nitrogens with one attached hydrogen (secondary N) is 1. The lowest BCUT2D eigenvalue weighted by Gasteiger charge is -2.31. The van der Waals surface area contributed by atoms with Gasteiger partial charge in [-0.2, -0.15) is 0 Å². The number of carboxylic acids is 1. The summed E-state index contributed by atoms with van der Waals surface area (Å²) in [6.45, 7) is 3.95. The van der Waals surface area contributed by atoms with Crippen molar-refractivity contribution < 1.29 is 19.4 Å². The first-order chi connectivity index (χ1) is 10.1. The summed E-state index contributed by atoms with van der Waals surface area (Å²) in [7, 11) is 0. The molecule has 21 heavy (non-hydrogen) atoms. The number of morpholine rings is 1. The number of rotatable bonds is 4. The van der Waals surface area contributed by atoms with Gasteiger partial charge in [0, 0.05) is 19.6 Å². The van der Waals surface area contributed by atoms with Gasteiger partial charge in [0.05, 0.1) is 19.1 Å². The van der Waals surface area contributed by atoms with Crippen molar-refractivity contribution in [2.24, 2.45) is 0 Å². The first-order valence-corrected chi connectivity index (χ1v) is 6.99. The molecule has 1 aliphatic heterocycles. The third-order valence-corrected chi connectivity index (χ3v) is 3.42. The number of amides is 2. The summed E-state index contributed by atoms with van der Waals surface area (Å²) in [5, 5.41) is 11.7. The number of benzene rings is 1. The summed E-state index contributed by atoms with van der Waals surface area (Å²) in [5.74, 6) is -0.879. The molecule has 1 unspecified atom stereocenters. The standard InChI is InChI=1S/C15H20N2O4/c1-11-10-17(6-7-21-11)15(20)16-9-13-5-3-2-4-12(13)8-14(18)19/h2-5,11H,6-10H2,1H3,(H,16,20)(H,18,19). The summed E-state index contributed by atoms with van der Waals surface area (Å²) < 4.78 is 5.40. The maximum atomic E-state index is 12.1. The van der Waals surface area contributed by atoms with Crippen LogP contribution in [0.4, 0.5) is 4.79 Å². The second kappa shape index (κ2) is 7.08. The van der Waals surface area contributed by atoms with Gasteiger partial charge in [0.2, 0.25) is 0 Å². The predicted molar refractivity (Wildman–Crippen MR) is 77.0 cm³/mol. The molecule has 1 aromatic carbocycles. The van der Waals surface area contributed by atoms with Gasteiger partial charge in [-0.25, -0.2) is 4.79 Å². The molecule has 0 aliphatic carbocycles. The van der Waals surface area contributed by atoms with Gasteiger partial charge in [0.15, 0.2) is 0 Å². The number of hydrogen-bond donors (Lipinski definition) is 2. The Kier molecular flexibility index (Phi) is 5.16. The van der Waals surface area contributed by atoms with Crippen LogP contribution in [0.15, 0.2) is 24.3 Å². The molecule has 1 aromatic rings. The zero-order valence-electron chi connectivity index (χ0n) is 12.0. The zero-order valence-corrected chi connectivity index (χ0v) is 12.0. The molecule has 1 saturated heterocycles. The van der Waals surface area contributed by atoms with Crippen molar-refractivity contribution in [2.75, 3.05) is 19.7 Å². The number of hydrogen-bond acceptors (Lipinski definition) is 3. The Bertz CT molecular complexity index is 518. The van der Waals surface area contributed by atoms with Gasteiger partial charge >= 0.3 is 12.0 Å². The molecule has 114 valence electrons. The van der Waals surface area contributed by atoms with E-state index in [4.69, 9.17) is 9.84 Å². The number of aliphatic carboxylic acids is 1. The van der Waals surface area contributed by atoms with E-state index in [0.717, 1.165) is 11.1 Å². The summed E-state index contributed by atoms with van der Waals surface area (Å²) in [4.78, 5) is 24.6. The van der Waals surface area contributed by atoms with Gasteiger partial charge in [-0.05, 0) is 18.1 Å². The van der Waals surface area contributed by atoms with E-state index in [1.165, 1.54) is 0 Å². The van der Waals surface area contributed by atoms with E-state index < -0.39 is 5.97 Å². The van der Waals surface area contributed by atoms with Crippen molar-refractivity contribution in [3.8, 4) is 0 Å². The van der Waals surface area contributed by atoms with Crippen molar-refractivity contribution in [3.63, 3.8) is 0 Å². The highest BCUT2D eigenvalue weighted by Gasteiger charge is 2.21. The Morgan fingerprint density at radius 1 is 1.38 bits per heavy atom. The molecule has 2 N–H and O–H groups in total. The fourth-order valence-corrected chi connectivity index (χ4v) is 2.35. The van der Waals surface area contributed by atoms with Crippen molar-refractivity contribution in [2.45, 2.75) is 26.0 Å². The van der Waals surface area contributed by atoms with Crippen LogP contribution < -0.4 is 5.32 Å². The van der Waals surface area contributed by atoms with Gasteiger partial charge in [-0.1, -0.05) is 24.3 Å². The van der Waals surface area contributed by atoms with Crippen molar-refractivity contribution in [3.05, 3.63) is 35.4 Å². The maximum Gasteiger partial charge on any atom is 0.317 e. The van der Waals surface area contributed by atoms with Crippen LogP contribution in [0.2, 0.25) is 0 Å². The molecule has 1 heterocycles. The number of carboxylic acid groups (broad SMARTS) is 1. The molecule has 0 bridgehead atoms. The summed E-state index contributed by atoms with van der Waals surface area (Å²) in [5.41, 5.74) is 1.55. The average Bonchev–Trinajstić information content (AvgIpc) is 2.45. The lowest BCUT2D eigenvalue weighted by molar-refractivity contribution is -0.136. The Morgan fingerprint density at radius 3 is 2.76 bits per heavy atom. The van der Waals surface area contributed by atoms with Crippen LogP contribution in [0.5, 0.6) is 0 Å². The molecule has 1 fully saturated rings. The molecule has 0 aromatic heterocycles. The van der Waals surface area contributed by atoms with E-state index in [-0.39, 0.29) is 18.6 Å². The Hall–Kier alpha value is -2.08. The molecule has 6 nitrogen and oxygen atoms in total. The third kappa shape index (κ3) is 4.46. The highest BCUT2D eigenvalue weighted by Crippen LogP contribution is 2.10. The molecular formula is C15H20N2O4. The number of carbonyl (C=O) groups is 2. The van der Waals surface area contributed by atoms with Crippen LogP contribution >= 0.6 is 0 Å². The fourth-order valence-electron chi connectivity index (χ4n) is 2.35. The summed E-state index contributed by atoms with van der Waals surface area (Å²) in [6, 6.07) is 7.10. The minimum atomic E-state index is -0.879. The second-order valence-corrected chi connectivity index (χ2v) is 5.13.